The lowest BCUT2D eigenvalue weighted by Crippen LogP contribution is -2.24. The maximum absolute atomic E-state index is 13.3. The highest BCUT2D eigenvalue weighted by atomic mass is 32.2. The van der Waals surface area contributed by atoms with Crippen molar-refractivity contribution >= 4 is 11.8 Å². The first-order chi connectivity index (χ1) is 8.04. The molecule has 1 unspecified atom stereocenters. The molecule has 0 aromatic heterocycles. The van der Waals surface area contributed by atoms with Gasteiger partial charge in [0, 0.05) is 11.8 Å². The second kappa shape index (κ2) is 7.02. The Kier molecular flexibility index (Phi) is 6.00. The number of aryl methyl sites for hydroxylation is 1. The number of hydrogen-bond acceptors (Lipinski definition) is 2. The molecule has 1 aromatic carbocycles. The lowest BCUT2D eigenvalue weighted by Gasteiger charge is -2.21. The van der Waals surface area contributed by atoms with Crippen LogP contribution in [0.2, 0.25) is 0 Å². The van der Waals surface area contributed by atoms with Gasteiger partial charge in [0.05, 0.1) is 0 Å². The summed E-state index contributed by atoms with van der Waals surface area (Å²) in [6, 6.07) is 5.28. The Bertz CT molecular complexity index is 352. The summed E-state index contributed by atoms with van der Waals surface area (Å²) in [4.78, 5) is 0. The van der Waals surface area contributed by atoms with Crippen LogP contribution in [0.5, 0.6) is 0 Å². The SMILES string of the molecule is CCNC(CSC(C)C)c1cc(F)ccc1C. The van der Waals surface area contributed by atoms with Gasteiger partial charge in [0.25, 0.3) is 0 Å². The van der Waals surface area contributed by atoms with Gasteiger partial charge in [-0.25, -0.2) is 4.39 Å². The van der Waals surface area contributed by atoms with Gasteiger partial charge >= 0.3 is 0 Å². The van der Waals surface area contributed by atoms with Crippen LogP contribution in [-0.4, -0.2) is 17.5 Å². The number of benzene rings is 1. The number of nitrogens with one attached hydrogen (secondary N) is 1. The largest absolute Gasteiger partial charge is 0.309 e. The van der Waals surface area contributed by atoms with E-state index in [4.69, 9.17) is 0 Å². The Morgan fingerprint density at radius 1 is 1.35 bits per heavy atom. The van der Waals surface area contributed by atoms with Crippen molar-refractivity contribution in [1.29, 1.82) is 0 Å². The van der Waals surface area contributed by atoms with E-state index < -0.39 is 0 Å². The molecule has 0 saturated heterocycles. The third-order valence-electron chi connectivity index (χ3n) is 2.66. The van der Waals surface area contributed by atoms with Gasteiger partial charge in [0.1, 0.15) is 5.82 Å². The Morgan fingerprint density at radius 2 is 2.06 bits per heavy atom. The van der Waals surface area contributed by atoms with E-state index in [-0.39, 0.29) is 11.9 Å². The van der Waals surface area contributed by atoms with Gasteiger partial charge in [-0.05, 0) is 42.0 Å². The average molecular weight is 255 g/mol. The number of thioether (sulfide) groups is 1. The predicted molar refractivity (Wildman–Crippen MR) is 75.1 cm³/mol. The molecule has 0 aliphatic carbocycles. The third-order valence-corrected chi connectivity index (χ3v) is 3.86. The predicted octanol–water partition coefficient (Wildman–Crippen LogP) is 3.93. The molecule has 1 nitrogen and oxygen atoms in total. The summed E-state index contributed by atoms with van der Waals surface area (Å²) in [5.74, 6) is 0.832. The Morgan fingerprint density at radius 3 is 2.65 bits per heavy atom. The van der Waals surface area contributed by atoms with Gasteiger partial charge in [-0.2, -0.15) is 11.8 Å². The molecule has 96 valence electrons. The van der Waals surface area contributed by atoms with Crippen molar-refractivity contribution in [2.45, 2.75) is 39.0 Å². The monoisotopic (exact) mass is 255 g/mol. The van der Waals surface area contributed by atoms with Crippen LogP contribution < -0.4 is 5.32 Å². The van der Waals surface area contributed by atoms with Crippen LogP contribution in [0.3, 0.4) is 0 Å². The smallest absolute Gasteiger partial charge is 0.123 e. The molecule has 0 spiro atoms. The topological polar surface area (TPSA) is 12.0 Å². The highest BCUT2D eigenvalue weighted by molar-refractivity contribution is 7.99. The summed E-state index contributed by atoms with van der Waals surface area (Å²) >= 11 is 1.90. The maximum Gasteiger partial charge on any atom is 0.123 e. The molecule has 0 bridgehead atoms. The third kappa shape index (κ3) is 4.68. The molecule has 3 heteroatoms. The standard InChI is InChI=1S/C14H22FNS/c1-5-16-14(9-17-10(2)3)13-8-12(15)7-6-11(13)4/h6-8,10,14,16H,5,9H2,1-4H3. The Balaban J connectivity index is 2.84. The van der Waals surface area contributed by atoms with Crippen molar-refractivity contribution < 1.29 is 4.39 Å². The van der Waals surface area contributed by atoms with Crippen molar-refractivity contribution in [2.75, 3.05) is 12.3 Å². The van der Waals surface area contributed by atoms with E-state index in [9.17, 15) is 4.39 Å². The zero-order valence-corrected chi connectivity index (χ0v) is 11.9. The minimum atomic E-state index is -0.150. The number of hydrogen-bond donors (Lipinski definition) is 1. The summed E-state index contributed by atoms with van der Waals surface area (Å²) in [5.41, 5.74) is 2.24. The van der Waals surface area contributed by atoms with Crippen molar-refractivity contribution in [3.8, 4) is 0 Å². The minimum absolute atomic E-state index is 0.150. The molecule has 0 saturated carbocycles. The first-order valence-corrected chi connectivity index (χ1v) is 7.20. The lowest BCUT2D eigenvalue weighted by molar-refractivity contribution is 0.585. The van der Waals surface area contributed by atoms with Crippen LogP contribution in [0.15, 0.2) is 18.2 Å². The average Bonchev–Trinajstić information content (AvgIpc) is 2.27. The lowest BCUT2D eigenvalue weighted by atomic mass is 10.0. The Labute approximate surface area is 108 Å². The van der Waals surface area contributed by atoms with Crippen LogP contribution in [0, 0.1) is 12.7 Å². The second-order valence-corrected chi connectivity index (χ2v) is 6.10. The van der Waals surface area contributed by atoms with E-state index in [2.05, 4.69) is 26.1 Å². The summed E-state index contributed by atoms with van der Waals surface area (Å²) in [5, 5.41) is 4.04. The van der Waals surface area contributed by atoms with E-state index in [1.807, 2.05) is 24.8 Å². The molecular weight excluding hydrogens is 233 g/mol. The van der Waals surface area contributed by atoms with Gasteiger partial charge in [0.15, 0.2) is 0 Å². The normalized spacial score (nSPS) is 13.1. The summed E-state index contributed by atoms with van der Waals surface area (Å²) in [6.07, 6.45) is 0. The van der Waals surface area contributed by atoms with Gasteiger partial charge in [-0.3, -0.25) is 0 Å². The number of halogens is 1. The van der Waals surface area contributed by atoms with Crippen LogP contribution in [-0.2, 0) is 0 Å². The maximum atomic E-state index is 13.3. The fourth-order valence-electron chi connectivity index (χ4n) is 1.78. The summed E-state index contributed by atoms with van der Waals surface area (Å²) < 4.78 is 13.3. The first kappa shape index (κ1) is 14.5. The molecule has 1 aromatic rings. The molecule has 0 amide bonds. The minimum Gasteiger partial charge on any atom is -0.309 e. The van der Waals surface area contributed by atoms with E-state index in [0.29, 0.717) is 5.25 Å². The fraction of sp³-hybridized carbons (Fsp3) is 0.571. The van der Waals surface area contributed by atoms with Gasteiger partial charge < -0.3 is 5.32 Å². The van der Waals surface area contributed by atoms with E-state index in [1.165, 1.54) is 6.07 Å². The molecule has 1 N–H and O–H groups in total. The molecule has 0 heterocycles. The van der Waals surface area contributed by atoms with E-state index in [1.54, 1.807) is 6.07 Å². The van der Waals surface area contributed by atoms with Crippen molar-refractivity contribution in [1.82, 2.24) is 5.32 Å². The molecule has 0 aliphatic heterocycles. The zero-order valence-electron chi connectivity index (χ0n) is 11.1. The molecule has 0 radical (unpaired) electrons. The molecule has 1 atom stereocenters. The van der Waals surface area contributed by atoms with Crippen LogP contribution >= 0.6 is 11.8 Å². The highest BCUT2D eigenvalue weighted by Gasteiger charge is 2.14. The van der Waals surface area contributed by atoms with Crippen LogP contribution in [0.4, 0.5) is 4.39 Å². The molecule has 1 rings (SSSR count). The fourth-order valence-corrected chi connectivity index (χ4v) is 2.66. The van der Waals surface area contributed by atoms with Gasteiger partial charge in [-0.1, -0.05) is 26.8 Å². The van der Waals surface area contributed by atoms with Crippen molar-refractivity contribution in [3.05, 3.63) is 35.1 Å². The molecular formula is C14H22FNS. The van der Waals surface area contributed by atoms with E-state index >= 15 is 0 Å². The second-order valence-electron chi connectivity index (χ2n) is 4.49. The zero-order chi connectivity index (χ0) is 12.8. The Hall–Kier alpha value is -0.540. The van der Waals surface area contributed by atoms with Gasteiger partial charge in [0.2, 0.25) is 0 Å². The van der Waals surface area contributed by atoms with Crippen molar-refractivity contribution in [2.24, 2.45) is 0 Å². The highest BCUT2D eigenvalue weighted by Crippen LogP contribution is 2.24. The van der Waals surface area contributed by atoms with Gasteiger partial charge in [-0.15, -0.1) is 0 Å². The van der Waals surface area contributed by atoms with Crippen LogP contribution in [0.1, 0.15) is 37.9 Å². The van der Waals surface area contributed by atoms with E-state index in [0.717, 1.165) is 23.4 Å². The molecule has 17 heavy (non-hydrogen) atoms. The summed E-state index contributed by atoms with van der Waals surface area (Å²) in [7, 11) is 0. The van der Waals surface area contributed by atoms with Crippen molar-refractivity contribution in [3.63, 3.8) is 0 Å². The quantitative estimate of drug-likeness (QED) is 0.826. The first-order valence-electron chi connectivity index (χ1n) is 6.15. The molecule has 0 fully saturated rings. The molecule has 0 aliphatic rings. The van der Waals surface area contributed by atoms with Crippen LogP contribution in [0.25, 0.3) is 0 Å². The summed E-state index contributed by atoms with van der Waals surface area (Å²) in [6.45, 7) is 9.40. The number of rotatable bonds is 6.